The summed E-state index contributed by atoms with van der Waals surface area (Å²) in [4.78, 5) is 4.28. The Hall–Kier alpha value is -0.780. The topological polar surface area (TPSA) is 97.0 Å². The van der Waals surface area contributed by atoms with Crippen molar-refractivity contribution < 1.29 is 13.2 Å². The standard InChI is InChI=1S/C15H23ClN4O3S.HI/c1-23-14-7-6-11(9-13(14)16)19-15(17)18-10-12-5-3-4-8-20(12)24(2,21)22;/h6-7,9,12H,3-5,8,10H2,1-2H3,(H3,17,18,19);1H. The largest absolute Gasteiger partial charge is 0.495 e. The van der Waals surface area contributed by atoms with E-state index in [0.717, 1.165) is 19.3 Å². The van der Waals surface area contributed by atoms with Gasteiger partial charge in [0.1, 0.15) is 5.75 Å². The van der Waals surface area contributed by atoms with Crippen molar-refractivity contribution in [2.24, 2.45) is 10.7 Å². The highest BCUT2D eigenvalue weighted by atomic mass is 127. The first-order valence-corrected chi connectivity index (χ1v) is 9.91. The maximum Gasteiger partial charge on any atom is 0.211 e. The second kappa shape index (κ2) is 9.79. The van der Waals surface area contributed by atoms with Crippen LogP contribution in [0.25, 0.3) is 0 Å². The molecule has 1 aliphatic heterocycles. The van der Waals surface area contributed by atoms with E-state index >= 15 is 0 Å². The molecule has 3 N–H and O–H groups in total. The molecular weight excluding hydrogens is 479 g/mol. The van der Waals surface area contributed by atoms with E-state index in [9.17, 15) is 8.42 Å². The van der Waals surface area contributed by atoms with Gasteiger partial charge in [0.2, 0.25) is 10.0 Å². The van der Waals surface area contributed by atoms with Crippen molar-refractivity contribution in [1.29, 1.82) is 0 Å². The number of sulfonamides is 1. The van der Waals surface area contributed by atoms with E-state index in [-0.39, 0.29) is 36.0 Å². The average molecular weight is 503 g/mol. The summed E-state index contributed by atoms with van der Waals surface area (Å²) in [5.41, 5.74) is 6.58. The number of rotatable bonds is 5. The molecule has 7 nitrogen and oxygen atoms in total. The highest BCUT2D eigenvalue weighted by molar-refractivity contribution is 14.0. The molecule has 1 fully saturated rings. The minimum absolute atomic E-state index is 0. The molecule has 1 atom stereocenters. The van der Waals surface area contributed by atoms with Crippen LogP contribution in [0.4, 0.5) is 5.69 Å². The molecule has 1 aromatic rings. The third-order valence-corrected chi connectivity index (χ3v) is 5.52. The monoisotopic (exact) mass is 502 g/mol. The summed E-state index contributed by atoms with van der Waals surface area (Å²) in [5.74, 6) is 0.791. The number of halogens is 2. The molecule has 0 aromatic heterocycles. The van der Waals surface area contributed by atoms with Gasteiger partial charge in [0.05, 0.1) is 24.9 Å². The lowest BCUT2D eigenvalue weighted by atomic mass is 10.1. The summed E-state index contributed by atoms with van der Waals surface area (Å²) in [6, 6.07) is 5.04. The lowest BCUT2D eigenvalue weighted by Crippen LogP contribution is -2.45. The van der Waals surface area contributed by atoms with E-state index in [1.807, 2.05) is 0 Å². The maximum atomic E-state index is 11.8. The third-order valence-electron chi connectivity index (χ3n) is 3.90. The van der Waals surface area contributed by atoms with Crippen LogP contribution in [0.2, 0.25) is 5.02 Å². The van der Waals surface area contributed by atoms with Crippen molar-refractivity contribution in [2.45, 2.75) is 25.3 Å². The van der Waals surface area contributed by atoms with E-state index in [1.54, 1.807) is 25.3 Å². The quantitative estimate of drug-likeness (QED) is 0.366. The minimum atomic E-state index is -3.22. The third kappa shape index (κ3) is 6.46. The zero-order valence-electron chi connectivity index (χ0n) is 14.2. The number of guanidine groups is 1. The van der Waals surface area contributed by atoms with Crippen molar-refractivity contribution in [3.05, 3.63) is 23.2 Å². The molecule has 1 unspecified atom stereocenters. The fraction of sp³-hybridized carbons (Fsp3) is 0.533. The molecule has 1 saturated heterocycles. The Bertz CT molecular complexity index is 715. The number of nitrogens with one attached hydrogen (secondary N) is 1. The summed E-state index contributed by atoms with van der Waals surface area (Å²) in [6.07, 6.45) is 3.90. The number of hydrogen-bond donors (Lipinski definition) is 2. The van der Waals surface area contributed by atoms with Gasteiger partial charge in [0.25, 0.3) is 0 Å². The number of methoxy groups -OCH3 is 1. The van der Waals surface area contributed by atoms with Gasteiger partial charge in [-0.1, -0.05) is 18.0 Å². The van der Waals surface area contributed by atoms with Crippen molar-refractivity contribution in [3.8, 4) is 5.75 Å². The van der Waals surface area contributed by atoms with Gasteiger partial charge in [0, 0.05) is 18.3 Å². The van der Waals surface area contributed by atoms with Gasteiger partial charge in [-0.15, -0.1) is 24.0 Å². The summed E-state index contributed by atoms with van der Waals surface area (Å²) in [6.45, 7) is 0.871. The Balaban J connectivity index is 0.00000312. The number of nitrogens with zero attached hydrogens (tertiary/aromatic N) is 2. The fourth-order valence-electron chi connectivity index (χ4n) is 2.73. The molecule has 1 heterocycles. The van der Waals surface area contributed by atoms with Gasteiger partial charge in [-0.3, -0.25) is 4.99 Å². The van der Waals surface area contributed by atoms with E-state index < -0.39 is 10.0 Å². The number of nitrogens with two attached hydrogens (primary N) is 1. The normalized spacial score (nSPS) is 19.2. The lowest BCUT2D eigenvalue weighted by molar-refractivity contribution is 0.259. The molecular formula is C15H24ClIN4O3S. The van der Waals surface area contributed by atoms with E-state index in [1.165, 1.54) is 10.6 Å². The molecule has 10 heteroatoms. The molecule has 25 heavy (non-hydrogen) atoms. The number of aliphatic imine (C=N–C) groups is 1. The first-order valence-electron chi connectivity index (χ1n) is 7.68. The zero-order valence-corrected chi connectivity index (χ0v) is 18.1. The van der Waals surface area contributed by atoms with Crippen molar-refractivity contribution in [2.75, 3.05) is 31.8 Å². The van der Waals surface area contributed by atoms with E-state index in [0.29, 0.717) is 29.5 Å². The number of hydrogen-bond acceptors (Lipinski definition) is 4. The molecule has 0 saturated carbocycles. The second-order valence-electron chi connectivity index (χ2n) is 5.72. The first-order chi connectivity index (χ1) is 11.3. The van der Waals surface area contributed by atoms with E-state index in [2.05, 4.69) is 10.3 Å². The highest BCUT2D eigenvalue weighted by Gasteiger charge is 2.28. The Morgan fingerprint density at radius 2 is 2.20 bits per heavy atom. The van der Waals surface area contributed by atoms with E-state index in [4.69, 9.17) is 22.1 Å². The number of anilines is 1. The molecule has 0 radical (unpaired) electrons. The summed E-state index contributed by atoms with van der Waals surface area (Å²) in [5, 5.41) is 3.41. The Morgan fingerprint density at radius 3 is 2.80 bits per heavy atom. The Labute approximate surface area is 171 Å². The fourth-order valence-corrected chi connectivity index (χ4v) is 4.16. The SMILES string of the molecule is COc1ccc(NC(N)=NCC2CCCCN2S(C)(=O)=O)cc1Cl.I. The van der Waals surface area contributed by atoms with Crippen LogP contribution in [0.15, 0.2) is 23.2 Å². The number of benzene rings is 1. The van der Waals surface area contributed by atoms with Crippen molar-refractivity contribution in [3.63, 3.8) is 0 Å². The van der Waals surface area contributed by atoms with Crippen molar-refractivity contribution in [1.82, 2.24) is 4.31 Å². The minimum Gasteiger partial charge on any atom is -0.495 e. The predicted octanol–water partition coefficient (Wildman–Crippen LogP) is 2.51. The molecule has 0 bridgehead atoms. The first kappa shape index (κ1) is 22.3. The van der Waals surface area contributed by atoms with Gasteiger partial charge in [-0.05, 0) is 31.0 Å². The van der Waals surface area contributed by atoms with Crippen LogP contribution in [0, 0.1) is 0 Å². The van der Waals surface area contributed by atoms with Crippen molar-refractivity contribution >= 4 is 57.2 Å². The molecule has 142 valence electrons. The Kier molecular flexibility index (Phi) is 8.72. The zero-order chi connectivity index (χ0) is 17.7. The van der Waals surface area contributed by atoms with Crippen LogP contribution in [-0.4, -0.2) is 51.2 Å². The number of ether oxygens (including phenoxy) is 1. The number of piperidine rings is 1. The second-order valence-corrected chi connectivity index (χ2v) is 8.07. The van der Waals surface area contributed by atoms with Gasteiger partial charge >= 0.3 is 0 Å². The maximum absolute atomic E-state index is 11.8. The van der Waals surface area contributed by atoms with Gasteiger partial charge < -0.3 is 15.8 Å². The lowest BCUT2D eigenvalue weighted by Gasteiger charge is -2.32. The van der Waals surface area contributed by atoms with Crippen LogP contribution in [0.3, 0.4) is 0 Å². The average Bonchev–Trinajstić information content (AvgIpc) is 2.52. The van der Waals surface area contributed by atoms with Gasteiger partial charge in [0.15, 0.2) is 5.96 Å². The molecule has 1 aromatic carbocycles. The molecule has 0 spiro atoms. The molecule has 1 aliphatic rings. The summed E-state index contributed by atoms with van der Waals surface area (Å²) < 4.78 is 30.3. The molecule has 2 rings (SSSR count). The smallest absolute Gasteiger partial charge is 0.211 e. The summed E-state index contributed by atoms with van der Waals surface area (Å²) in [7, 11) is -1.68. The van der Waals surface area contributed by atoms with Crippen LogP contribution >= 0.6 is 35.6 Å². The van der Waals surface area contributed by atoms with Gasteiger partial charge in [-0.25, -0.2) is 8.42 Å². The highest BCUT2D eigenvalue weighted by Crippen LogP contribution is 2.27. The van der Waals surface area contributed by atoms with Crippen LogP contribution in [0.1, 0.15) is 19.3 Å². The van der Waals surface area contributed by atoms with Crippen LogP contribution < -0.4 is 15.8 Å². The predicted molar refractivity (Wildman–Crippen MR) is 113 cm³/mol. The molecule has 0 aliphatic carbocycles. The summed E-state index contributed by atoms with van der Waals surface area (Å²) >= 11 is 6.06. The van der Waals surface area contributed by atoms with Crippen LogP contribution in [0.5, 0.6) is 5.75 Å². The molecule has 0 amide bonds. The van der Waals surface area contributed by atoms with Crippen LogP contribution in [-0.2, 0) is 10.0 Å². The Morgan fingerprint density at radius 1 is 1.48 bits per heavy atom. The van der Waals surface area contributed by atoms with Gasteiger partial charge in [-0.2, -0.15) is 4.31 Å².